The Kier molecular flexibility index (Phi) is 5.38. The standard InChI is InChI=1S/C14H19NO2/c1-4-5-6-12(15)9-11-7-8-13(16-2)14(10-11)17-3/h1,7-8,10,12H,5-6,9,15H2,2-3H3. The van der Waals surface area contributed by atoms with E-state index in [-0.39, 0.29) is 6.04 Å². The largest absolute Gasteiger partial charge is 0.493 e. The minimum absolute atomic E-state index is 0.0872. The van der Waals surface area contributed by atoms with Crippen molar-refractivity contribution in [3.8, 4) is 23.8 Å². The molecule has 0 saturated carbocycles. The Morgan fingerprint density at radius 3 is 2.59 bits per heavy atom. The summed E-state index contributed by atoms with van der Waals surface area (Å²) in [4.78, 5) is 0. The summed E-state index contributed by atoms with van der Waals surface area (Å²) >= 11 is 0. The van der Waals surface area contributed by atoms with Gasteiger partial charge in [0.1, 0.15) is 0 Å². The summed E-state index contributed by atoms with van der Waals surface area (Å²) < 4.78 is 10.4. The number of ether oxygens (including phenoxy) is 2. The summed E-state index contributed by atoms with van der Waals surface area (Å²) in [6.45, 7) is 0. The van der Waals surface area contributed by atoms with Gasteiger partial charge in [0, 0.05) is 12.5 Å². The zero-order valence-corrected chi connectivity index (χ0v) is 10.4. The van der Waals surface area contributed by atoms with Crippen molar-refractivity contribution in [3.05, 3.63) is 23.8 Å². The maximum Gasteiger partial charge on any atom is 0.160 e. The van der Waals surface area contributed by atoms with Gasteiger partial charge in [-0.25, -0.2) is 0 Å². The third-order valence-corrected chi connectivity index (χ3v) is 2.61. The molecule has 17 heavy (non-hydrogen) atoms. The van der Waals surface area contributed by atoms with Crippen molar-refractivity contribution in [2.45, 2.75) is 25.3 Å². The highest BCUT2D eigenvalue weighted by Gasteiger charge is 2.07. The van der Waals surface area contributed by atoms with Gasteiger partial charge in [-0.15, -0.1) is 12.3 Å². The number of nitrogens with two attached hydrogens (primary N) is 1. The summed E-state index contributed by atoms with van der Waals surface area (Å²) in [5.41, 5.74) is 7.12. The van der Waals surface area contributed by atoms with E-state index in [1.54, 1.807) is 14.2 Å². The van der Waals surface area contributed by atoms with Crippen LogP contribution in [0.25, 0.3) is 0 Å². The lowest BCUT2D eigenvalue weighted by Crippen LogP contribution is -2.22. The van der Waals surface area contributed by atoms with E-state index in [2.05, 4.69) is 5.92 Å². The zero-order chi connectivity index (χ0) is 12.7. The molecular weight excluding hydrogens is 214 g/mol. The first-order chi connectivity index (χ1) is 8.21. The molecular formula is C14H19NO2. The molecule has 0 aromatic heterocycles. The Labute approximate surface area is 103 Å². The molecule has 1 aromatic rings. The van der Waals surface area contributed by atoms with E-state index in [0.717, 1.165) is 29.9 Å². The molecule has 0 heterocycles. The smallest absolute Gasteiger partial charge is 0.160 e. The number of hydrogen-bond donors (Lipinski definition) is 1. The third-order valence-electron chi connectivity index (χ3n) is 2.61. The normalized spacial score (nSPS) is 11.6. The maximum absolute atomic E-state index is 5.99. The number of benzene rings is 1. The van der Waals surface area contributed by atoms with Gasteiger partial charge >= 0.3 is 0 Å². The van der Waals surface area contributed by atoms with E-state index in [4.69, 9.17) is 21.6 Å². The first-order valence-electron chi connectivity index (χ1n) is 5.61. The van der Waals surface area contributed by atoms with Crippen LogP contribution in [0.15, 0.2) is 18.2 Å². The van der Waals surface area contributed by atoms with Crippen molar-refractivity contribution >= 4 is 0 Å². The van der Waals surface area contributed by atoms with E-state index in [9.17, 15) is 0 Å². The van der Waals surface area contributed by atoms with E-state index >= 15 is 0 Å². The summed E-state index contributed by atoms with van der Waals surface area (Å²) in [6.07, 6.45) is 7.56. The Morgan fingerprint density at radius 1 is 1.29 bits per heavy atom. The van der Waals surface area contributed by atoms with Crippen LogP contribution in [0, 0.1) is 12.3 Å². The highest BCUT2D eigenvalue weighted by Crippen LogP contribution is 2.28. The van der Waals surface area contributed by atoms with Crippen LogP contribution in [0.3, 0.4) is 0 Å². The number of methoxy groups -OCH3 is 2. The Morgan fingerprint density at radius 2 is 2.00 bits per heavy atom. The molecule has 0 radical (unpaired) electrons. The summed E-state index contributed by atoms with van der Waals surface area (Å²) in [5.74, 6) is 4.06. The number of rotatable bonds is 6. The van der Waals surface area contributed by atoms with E-state index in [1.807, 2.05) is 18.2 Å². The average Bonchev–Trinajstić information content (AvgIpc) is 2.36. The van der Waals surface area contributed by atoms with Crippen molar-refractivity contribution in [1.29, 1.82) is 0 Å². The van der Waals surface area contributed by atoms with Crippen molar-refractivity contribution in [2.24, 2.45) is 5.73 Å². The predicted molar refractivity (Wildman–Crippen MR) is 69.3 cm³/mol. The molecule has 92 valence electrons. The molecule has 0 fully saturated rings. The molecule has 1 unspecified atom stereocenters. The molecule has 3 nitrogen and oxygen atoms in total. The van der Waals surface area contributed by atoms with Gasteiger partial charge in [-0.2, -0.15) is 0 Å². The van der Waals surface area contributed by atoms with E-state index in [0.29, 0.717) is 6.42 Å². The van der Waals surface area contributed by atoms with Gasteiger partial charge in [-0.3, -0.25) is 0 Å². The highest BCUT2D eigenvalue weighted by molar-refractivity contribution is 5.43. The quantitative estimate of drug-likeness (QED) is 0.764. The summed E-state index contributed by atoms with van der Waals surface area (Å²) in [5, 5.41) is 0. The second-order valence-electron chi connectivity index (χ2n) is 3.90. The molecule has 3 heteroatoms. The van der Waals surface area contributed by atoms with Crippen LogP contribution in [-0.2, 0) is 6.42 Å². The number of terminal acetylenes is 1. The molecule has 2 N–H and O–H groups in total. The van der Waals surface area contributed by atoms with Crippen LogP contribution >= 0.6 is 0 Å². The molecule has 1 rings (SSSR count). The van der Waals surface area contributed by atoms with Gasteiger partial charge in [0.2, 0.25) is 0 Å². The second-order valence-corrected chi connectivity index (χ2v) is 3.90. The van der Waals surface area contributed by atoms with Crippen molar-refractivity contribution < 1.29 is 9.47 Å². The number of hydrogen-bond acceptors (Lipinski definition) is 3. The molecule has 1 atom stereocenters. The predicted octanol–water partition coefficient (Wildman–Crippen LogP) is 1.99. The lowest BCUT2D eigenvalue weighted by Gasteiger charge is -2.12. The lowest BCUT2D eigenvalue weighted by atomic mass is 10.0. The molecule has 0 spiro atoms. The zero-order valence-electron chi connectivity index (χ0n) is 10.4. The first-order valence-corrected chi connectivity index (χ1v) is 5.61. The van der Waals surface area contributed by atoms with Gasteiger partial charge in [-0.05, 0) is 30.5 Å². The van der Waals surface area contributed by atoms with Crippen LogP contribution in [0.5, 0.6) is 11.5 Å². The Balaban J connectivity index is 2.69. The van der Waals surface area contributed by atoms with Gasteiger partial charge in [0.15, 0.2) is 11.5 Å². The fourth-order valence-electron chi connectivity index (χ4n) is 1.68. The molecule has 0 aliphatic rings. The van der Waals surface area contributed by atoms with Crippen LogP contribution in [0.2, 0.25) is 0 Å². The van der Waals surface area contributed by atoms with Crippen molar-refractivity contribution in [2.75, 3.05) is 14.2 Å². The Hall–Kier alpha value is -1.66. The van der Waals surface area contributed by atoms with Gasteiger partial charge in [0.05, 0.1) is 14.2 Å². The fourth-order valence-corrected chi connectivity index (χ4v) is 1.68. The average molecular weight is 233 g/mol. The van der Waals surface area contributed by atoms with Crippen molar-refractivity contribution in [1.82, 2.24) is 0 Å². The van der Waals surface area contributed by atoms with Crippen LogP contribution < -0.4 is 15.2 Å². The Bertz CT molecular complexity index is 396. The highest BCUT2D eigenvalue weighted by atomic mass is 16.5. The third kappa shape index (κ3) is 4.01. The van der Waals surface area contributed by atoms with Gasteiger partial charge < -0.3 is 15.2 Å². The van der Waals surface area contributed by atoms with E-state index < -0.39 is 0 Å². The van der Waals surface area contributed by atoms with Gasteiger partial charge in [-0.1, -0.05) is 6.07 Å². The summed E-state index contributed by atoms with van der Waals surface area (Å²) in [6, 6.07) is 5.93. The first kappa shape index (κ1) is 13.4. The van der Waals surface area contributed by atoms with E-state index in [1.165, 1.54) is 0 Å². The van der Waals surface area contributed by atoms with Crippen LogP contribution in [0.1, 0.15) is 18.4 Å². The van der Waals surface area contributed by atoms with Crippen LogP contribution in [0.4, 0.5) is 0 Å². The second kappa shape index (κ2) is 6.82. The fraction of sp³-hybridized carbons (Fsp3) is 0.429. The molecule has 0 amide bonds. The molecule has 1 aromatic carbocycles. The molecule has 0 aliphatic heterocycles. The molecule has 0 saturated heterocycles. The topological polar surface area (TPSA) is 44.5 Å². The van der Waals surface area contributed by atoms with Crippen LogP contribution in [-0.4, -0.2) is 20.3 Å². The molecule has 0 bridgehead atoms. The lowest BCUT2D eigenvalue weighted by molar-refractivity contribution is 0.354. The minimum Gasteiger partial charge on any atom is -0.493 e. The SMILES string of the molecule is C#CCCC(N)Cc1ccc(OC)c(OC)c1. The van der Waals surface area contributed by atoms with Crippen molar-refractivity contribution in [3.63, 3.8) is 0 Å². The minimum atomic E-state index is 0.0872. The monoisotopic (exact) mass is 233 g/mol. The molecule has 0 aliphatic carbocycles. The van der Waals surface area contributed by atoms with Gasteiger partial charge in [0.25, 0.3) is 0 Å². The summed E-state index contributed by atoms with van der Waals surface area (Å²) in [7, 11) is 3.25. The maximum atomic E-state index is 5.99.